The maximum atomic E-state index is 12.5. The van der Waals surface area contributed by atoms with Gasteiger partial charge in [0.1, 0.15) is 5.82 Å². The van der Waals surface area contributed by atoms with Crippen LogP contribution >= 0.6 is 0 Å². The number of benzene rings is 3. The fourth-order valence-corrected chi connectivity index (χ4v) is 3.26. The molecule has 4 aromatic rings. The van der Waals surface area contributed by atoms with Gasteiger partial charge in [0.25, 0.3) is 5.56 Å². The van der Waals surface area contributed by atoms with Gasteiger partial charge in [-0.3, -0.25) is 4.79 Å². The minimum Gasteiger partial charge on any atom is -0.478 e. The molecular formula is C23H18N2O3. The van der Waals surface area contributed by atoms with Crippen molar-refractivity contribution in [1.82, 2.24) is 9.97 Å². The first-order chi connectivity index (χ1) is 13.6. The van der Waals surface area contributed by atoms with Gasteiger partial charge in [-0.1, -0.05) is 61.5 Å². The second-order valence-electron chi connectivity index (χ2n) is 6.55. The van der Waals surface area contributed by atoms with Crippen LogP contribution in [0.1, 0.15) is 22.8 Å². The number of carboxylic acid groups (broad SMARTS) is 1. The molecule has 0 amide bonds. The van der Waals surface area contributed by atoms with Gasteiger partial charge in [-0.15, -0.1) is 0 Å². The molecule has 0 aliphatic heterocycles. The minimum absolute atomic E-state index is 0.0522. The molecule has 0 saturated heterocycles. The number of aromatic carboxylic acids is 1. The number of nitrogens with one attached hydrogen (secondary N) is 1. The van der Waals surface area contributed by atoms with E-state index in [1.807, 2.05) is 24.3 Å². The summed E-state index contributed by atoms with van der Waals surface area (Å²) in [5, 5.41) is 9.37. The van der Waals surface area contributed by atoms with Crippen molar-refractivity contribution in [3.8, 4) is 22.5 Å². The van der Waals surface area contributed by atoms with Crippen molar-refractivity contribution in [1.29, 1.82) is 0 Å². The van der Waals surface area contributed by atoms with E-state index in [-0.39, 0.29) is 10.9 Å². The number of carbonyl (C=O) groups is 1. The molecule has 2 N–H and O–H groups in total. The summed E-state index contributed by atoms with van der Waals surface area (Å²) in [6.45, 7) is 2.13. The highest BCUT2D eigenvalue weighted by Crippen LogP contribution is 2.24. The summed E-state index contributed by atoms with van der Waals surface area (Å²) in [5.74, 6) is -0.739. The number of nitrogens with zero attached hydrogens (tertiary/aromatic N) is 1. The summed E-state index contributed by atoms with van der Waals surface area (Å²) in [4.78, 5) is 31.0. The fraction of sp³-hybridized carbons (Fsp3) is 0.0870. The maximum absolute atomic E-state index is 12.5. The first-order valence-corrected chi connectivity index (χ1v) is 9.03. The van der Waals surface area contributed by atoms with Gasteiger partial charge in [-0.2, -0.15) is 0 Å². The molecule has 0 bridgehead atoms. The van der Waals surface area contributed by atoms with Crippen LogP contribution in [0.15, 0.2) is 71.5 Å². The SMILES string of the molecule is CCc1ccc(-c2ccc(-c3nc4cccc(C(=O)O)c4c(=O)[nH]3)cc2)cc1. The molecule has 0 radical (unpaired) electrons. The normalized spacial score (nSPS) is 10.9. The van der Waals surface area contributed by atoms with Gasteiger partial charge >= 0.3 is 5.97 Å². The van der Waals surface area contributed by atoms with Crippen LogP contribution in [0.25, 0.3) is 33.4 Å². The molecule has 0 atom stereocenters. The van der Waals surface area contributed by atoms with E-state index in [2.05, 4.69) is 41.2 Å². The first kappa shape index (κ1) is 17.7. The predicted octanol–water partition coefficient (Wildman–Crippen LogP) is 4.52. The number of hydrogen-bond acceptors (Lipinski definition) is 3. The summed E-state index contributed by atoms with van der Waals surface area (Å²) in [5.41, 5.74) is 4.09. The number of fused-ring (bicyclic) bond motifs is 1. The lowest BCUT2D eigenvalue weighted by Gasteiger charge is -2.07. The third-order valence-electron chi connectivity index (χ3n) is 4.82. The van der Waals surface area contributed by atoms with Crippen LogP contribution in [0.5, 0.6) is 0 Å². The van der Waals surface area contributed by atoms with Crippen LogP contribution in [0.4, 0.5) is 0 Å². The summed E-state index contributed by atoms with van der Waals surface area (Å²) >= 11 is 0. The molecule has 0 saturated carbocycles. The molecule has 1 heterocycles. The molecule has 1 aromatic heterocycles. The molecule has 0 fully saturated rings. The minimum atomic E-state index is -1.15. The molecular weight excluding hydrogens is 352 g/mol. The van der Waals surface area contributed by atoms with E-state index in [0.29, 0.717) is 11.3 Å². The molecule has 4 rings (SSSR count). The zero-order valence-electron chi connectivity index (χ0n) is 15.3. The Balaban J connectivity index is 1.74. The summed E-state index contributed by atoms with van der Waals surface area (Å²) in [6.07, 6.45) is 1.00. The topological polar surface area (TPSA) is 83.0 Å². The van der Waals surface area contributed by atoms with Gasteiger partial charge in [-0.05, 0) is 35.2 Å². The van der Waals surface area contributed by atoms with Crippen molar-refractivity contribution in [2.45, 2.75) is 13.3 Å². The van der Waals surface area contributed by atoms with Gasteiger partial charge in [-0.25, -0.2) is 9.78 Å². The van der Waals surface area contributed by atoms with E-state index in [9.17, 15) is 14.7 Å². The first-order valence-electron chi connectivity index (χ1n) is 9.03. The van der Waals surface area contributed by atoms with Crippen molar-refractivity contribution in [3.63, 3.8) is 0 Å². The van der Waals surface area contributed by atoms with Crippen LogP contribution in [-0.4, -0.2) is 21.0 Å². The number of aromatic nitrogens is 2. The highest BCUT2D eigenvalue weighted by molar-refractivity contribution is 6.02. The number of rotatable bonds is 4. The number of H-pyrrole nitrogens is 1. The van der Waals surface area contributed by atoms with Crippen molar-refractivity contribution in [3.05, 3.63) is 88.2 Å². The highest BCUT2D eigenvalue weighted by atomic mass is 16.4. The maximum Gasteiger partial charge on any atom is 0.336 e. The number of aromatic amines is 1. The van der Waals surface area contributed by atoms with Crippen LogP contribution in [-0.2, 0) is 6.42 Å². The molecule has 0 spiro atoms. The molecule has 5 heteroatoms. The highest BCUT2D eigenvalue weighted by Gasteiger charge is 2.14. The third kappa shape index (κ3) is 3.18. The van der Waals surface area contributed by atoms with Crippen molar-refractivity contribution in [2.24, 2.45) is 0 Å². The van der Waals surface area contributed by atoms with Gasteiger partial charge < -0.3 is 10.1 Å². The fourth-order valence-electron chi connectivity index (χ4n) is 3.26. The van der Waals surface area contributed by atoms with Gasteiger partial charge in [0, 0.05) is 5.56 Å². The van der Waals surface area contributed by atoms with Crippen molar-refractivity contribution >= 4 is 16.9 Å². The lowest BCUT2D eigenvalue weighted by atomic mass is 10.0. The number of aryl methyl sites for hydroxylation is 1. The lowest BCUT2D eigenvalue weighted by Crippen LogP contribution is -2.13. The average molecular weight is 370 g/mol. The van der Waals surface area contributed by atoms with Crippen molar-refractivity contribution < 1.29 is 9.90 Å². The number of hydrogen-bond donors (Lipinski definition) is 2. The predicted molar refractivity (Wildman–Crippen MR) is 110 cm³/mol. The molecule has 5 nitrogen and oxygen atoms in total. The zero-order chi connectivity index (χ0) is 19.7. The number of carboxylic acids is 1. The summed E-state index contributed by atoms with van der Waals surface area (Å²) in [6, 6.07) is 20.8. The van der Waals surface area contributed by atoms with Crippen LogP contribution in [0, 0.1) is 0 Å². The lowest BCUT2D eigenvalue weighted by molar-refractivity contribution is 0.0699. The second kappa shape index (κ2) is 7.12. The Hall–Kier alpha value is -3.73. The van der Waals surface area contributed by atoms with E-state index in [1.165, 1.54) is 11.6 Å². The largest absolute Gasteiger partial charge is 0.478 e. The van der Waals surface area contributed by atoms with Crippen molar-refractivity contribution in [2.75, 3.05) is 0 Å². The summed E-state index contributed by atoms with van der Waals surface area (Å²) in [7, 11) is 0. The zero-order valence-corrected chi connectivity index (χ0v) is 15.3. The van der Waals surface area contributed by atoms with Crippen LogP contribution < -0.4 is 5.56 Å². The molecule has 3 aromatic carbocycles. The van der Waals surface area contributed by atoms with E-state index in [1.54, 1.807) is 12.1 Å². The molecule has 0 aliphatic carbocycles. The average Bonchev–Trinajstić information content (AvgIpc) is 2.73. The van der Waals surface area contributed by atoms with Gasteiger partial charge in [0.15, 0.2) is 0 Å². The standard InChI is InChI=1S/C23H18N2O3/c1-2-14-6-8-15(9-7-14)16-10-12-17(13-11-16)21-24-19-5-3-4-18(23(27)28)20(19)22(26)25-21/h3-13H,2H2,1H3,(H,27,28)(H,24,25,26). The Labute approximate surface area is 161 Å². The monoisotopic (exact) mass is 370 g/mol. The molecule has 138 valence electrons. The van der Waals surface area contributed by atoms with Gasteiger partial charge in [0.2, 0.25) is 0 Å². The molecule has 0 aliphatic rings. The Bertz CT molecular complexity index is 1220. The Morgan fingerprint density at radius 2 is 1.54 bits per heavy atom. The van der Waals surface area contributed by atoms with E-state index >= 15 is 0 Å². The van der Waals surface area contributed by atoms with E-state index in [0.717, 1.165) is 23.1 Å². The Kier molecular flexibility index (Phi) is 4.49. The second-order valence-corrected chi connectivity index (χ2v) is 6.55. The van der Waals surface area contributed by atoms with E-state index < -0.39 is 11.5 Å². The van der Waals surface area contributed by atoms with Gasteiger partial charge in [0.05, 0.1) is 16.5 Å². The Morgan fingerprint density at radius 3 is 2.14 bits per heavy atom. The molecule has 0 unspecified atom stereocenters. The molecule has 28 heavy (non-hydrogen) atoms. The van der Waals surface area contributed by atoms with E-state index in [4.69, 9.17) is 0 Å². The van der Waals surface area contributed by atoms with Crippen LogP contribution in [0.2, 0.25) is 0 Å². The smallest absolute Gasteiger partial charge is 0.336 e. The Morgan fingerprint density at radius 1 is 0.929 bits per heavy atom. The quantitative estimate of drug-likeness (QED) is 0.553. The van der Waals surface area contributed by atoms with Crippen LogP contribution in [0.3, 0.4) is 0 Å². The third-order valence-corrected chi connectivity index (χ3v) is 4.82. The summed E-state index contributed by atoms with van der Waals surface area (Å²) < 4.78 is 0.